The summed E-state index contributed by atoms with van der Waals surface area (Å²) in [6, 6.07) is 0.281. The molecule has 0 unspecified atom stereocenters. The number of hydrogen-bond donors (Lipinski definition) is 2. The number of likely N-dealkylation sites (N-methyl/N-ethyl adjacent to an activating group) is 1. The van der Waals surface area contributed by atoms with Crippen LogP contribution in [-0.4, -0.2) is 46.3 Å². The van der Waals surface area contributed by atoms with Crippen molar-refractivity contribution in [1.29, 1.82) is 0 Å². The van der Waals surface area contributed by atoms with Crippen LogP contribution >= 0.6 is 11.3 Å². The van der Waals surface area contributed by atoms with E-state index in [4.69, 9.17) is 5.73 Å². The highest BCUT2D eigenvalue weighted by Gasteiger charge is 2.26. The van der Waals surface area contributed by atoms with E-state index in [9.17, 15) is 9.59 Å². The van der Waals surface area contributed by atoms with E-state index in [1.54, 1.807) is 13.2 Å². The maximum atomic E-state index is 12.4. The number of anilines is 1. The molecule has 8 heteroatoms. The summed E-state index contributed by atoms with van der Waals surface area (Å²) >= 11 is 1.19. The molecule has 3 rings (SSSR count). The van der Waals surface area contributed by atoms with Gasteiger partial charge in [0.1, 0.15) is 15.2 Å². The van der Waals surface area contributed by atoms with Crippen molar-refractivity contribution in [3.8, 4) is 0 Å². The highest BCUT2D eigenvalue weighted by Crippen LogP contribution is 2.31. The Bertz CT molecular complexity index is 710. The molecule has 21 heavy (non-hydrogen) atoms. The van der Waals surface area contributed by atoms with Crippen LogP contribution in [0.5, 0.6) is 0 Å². The fraction of sp³-hybridized carbons (Fsp3) is 0.385. The lowest BCUT2D eigenvalue weighted by Gasteiger charge is -2.16. The molecule has 0 spiro atoms. The number of fused-ring (bicyclic) bond motifs is 1. The van der Waals surface area contributed by atoms with Crippen molar-refractivity contribution >= 4 is 39.2 Å². The molecule has 0 aromatic carbocycles. The first kappa shape index (κ1) is 13.7. The molecule has 0 radical (unpaired) electrons. The number of aromatic nitrogens is 2. The first-order valence-electron chi connectivity index (χ1n) is 6.60. The Morgan fingerprint density at radius 3 is 2.81 bits per heavy atom. The number of thiophene rings is 1. The van der Waals surface area contributed by atoms with Gasteiger partial charge in [-0.15, -0.1) is 11.3 Å². The fourth-order valence-electron chi connectivity index (χ4n) is 1.96. The smallest absolute Gasteiger partial charge is 0.266 e. The molecule has 7 nitrogen and oxygen atoms in total. The number of nitrogens with two attached hydrogens (primary N) is 1. The highest BCUT2D eigenvalue weighted by molar-refractivity contribution is 7.21. The highest BCUT2D eigenvalue weighted by atomic mass is 32.1. The zero-order chi connectivity index (χ0) is 15.0. The minimum absolute atomic E-state index is 0.0177. The molecular weight excluding hydrogens is 290 g/mol. The van der Waals surface area contributed by atoms with Gasteiger partial charge in [0.05, 0.1) is 12.2 Å². The summed E-state index contributed by atoms with van der Waals surface area (Å²) in [6.45, 7) is 0.0177. The number of hydrogen-bond acceptors (Lipinski definition) is 6. The molecule has 2 aromatic rings. The van der Waals surface area contributed by atoms with Gasteiger partial charge in [0, 0.05) is 25.5 Å². The Kier molecular flexibility index (Phi) is 3.46. The van der Waals surface area contributed by atoms with Crippen LogP contribution in [0.1, 0.15) is 22.5 Å². The van der Waals surface area contributed by atoms with Crippen LogP contribution in [0.3, 0.4) is 0 Å². The number of carbonyl (C=O) groups is 2. The quantitative estimate of drug-likeness (QED) is 0.862. The third-order valence-corrected chi connectivity index (χ3v) is 4.32. The fourth-order valence-corrected chi connectivity index (χ4v) is 2.98. The van der Waals surface area contributed by atoms with Crippen molar-refractivity contribution in [3.63, 3.8) is 0 Å². The van der Waals surface area contributed by atoms with Crippen LogP contribution in [-0.2, 0) is 4.79 Å². The average Bonchev–Trinajstić information content (AvgIpc) is 3.21. The lowest BCUT2D eigenvalue weighted by Crippen LogP contribution is -2.39. The van der Waals surface area contributed by atoms with Crippen molar-refractivity contribution < 1.29 is 9.59 Å². The average molecular weight is 305 g/mol. The van der Waals surface area contributed by atoms with Crippen molar-refractivity contribution in [1.82, 2.24) is 20.2 Å². The number of amides is 2. The predicted octanol–water partition coefficient (Wildman–Crippen LogP) is 0.624. The Morgan fingerprint density at radius 1 is 1.43 bits per heavy atom. The van der Waals surface area contributed by atoms with E-state index in [0.717, 1.165) is 12.8 Å². The Labute approximate surface area is 125 Å². The molecule has 0 saturated heterocycles. The Morgan fingerprint density at radius 2 is 2.14 bits per heavy atom. The molecule has 0 bridgehead atoms. The number of nitrogen functional groups attached to an aromatic ring is 1. The molecule has 1 aliphatic carbocycles. The van der Waals surface area contributed by atoms with Gasteiger partial charge >= 0.3 is 0 Å². The summed E-state index contributed by atoms with van der Waals surface area (Å²) in [4.78, 5) is 34.7. The standard InChI is InChI=1S/C13H15N5O2S/c1-18(6-8(19)17-7-2-3-7)13(20)11-9(14)10-12(21-11)16-5-4-15-10/h4-5,7H,2-3,6,14H2,1H3,(H,17,19). The van der Waals surface area contributed by atoms with Gasteiger partial charge in [-0.2, -0.15) is 0 Å². The van der Waals surface area contributed by atoms with Crippen molar-refractivity contribution in [2.24, 2.45) is 0 Å². The predicted molar refractivity (Wildman–Crippen MR) is 80.0 cm³/mol. The third-order valence-electron chi connectivity index (χ3n) is 3.23. The van der Waals surface area contributed by atoms with E-state index in [-0.39, 0.29) is 24.4 Å². The lowest BCUT2D eigenvalue weighted by molar-refractivity contribution is -0.121. The van der Waals surface area contributed by atoms with Gasteiger partial charge in [0.2, 0.25) is 5.91 Å². The summed E-state index contributed by atoms with van der Waals surface area (Å²) in [7, 11) is 1.58. The second-order valence-electron chi connectivity index (χ2n) is 5.06. The summed E-state index contributed by atoms with van der Waals surface area (Å²) in [6.07, 6.45) is 5.12. The number of rotatable bonds is 4. The van der Waals surface area contributed by atoms with E-state index >= 15 is 0 Å². The molecule has 2 amide bonds. The summed E-state index contributed by atoms with van der Waals surface area (Å²) < 4.78 is 0. The summed E-state index contributed by atoms with van der Waals surface area (Å²) in [5, 5.41) is 2.85. The van der Waals surface area contributed by atoms with Gasteiger partial charge in [0.15, 0.2) is 0 Å². The molecule has 0 aliphatic heterocycles. The largest absolute Gasteiger partial charge is 0.396 e. The Hall–Kier alpha value is -2.22. The minimum Gasteiger partial charge on any atom is -0.396 e. The molecule has 2 heterocycles. The van der Waals surface area contributed by atoms with Gasteiger partial charge in [-0.25, -0.2) is 9.97 Å². The number of carbonyl (C=O) groups excluding carboxylic acids is 2. The maximum Gasteiger partial charge on any atom is 0.266 e. The maximum absolute atomic E-state index is 12.4. The minimum atomic E-state index is -0.289. The second-order valence-corrected chi connectivity index (χ2v) is 6.06. The van der Waals surface area contributed by atoms with E-state index < -0.39 is 0 Å². The number of nitrogens with one attached hydrogen (secondary N) is 1. The zero-order valence-electron chi connectivity index (χ0n) is 11.5. The topological polar surface area (TPSA) is 101 Å². The van der Waals surface area contributed by atoms with Gasteiger partial charge in [-0.1, -0.05) is 0 Å². The molecule has 0 atom stereocenters. The SMILES string of the molecule is CN(CC(=O)NC1CC1)C(=O)c1sc2nccnc2c1N. The molecule has 1 fully saturated rings. The molecular formula is C13H15N5O2S. The molecule has 1 saturated carbocycles. The van der Waals surface area contributed by atoms with E-state index in [1.807, 2.05) is 0 Å². The number of nitrogens with zero attached hydrogens (tertiary/aromatic N) is 3. The molecule has 2 aromatic heterocycles. The van der Waals surface area contributed by atoms with E-state index in [2.05, 4.69) is 15.3 Å². The second kappa shape index (κ2) is 5.28. The first-order valence-corrected chi connectivity index (χ1v) is 7.41. The van der Waals surface area contributed by atoms with Crippen LogP contribution in [0.2, 0.25) is 0 Å². The van der Waals surface area contributed by atoms with Crippen LogP contribution < -0.4 is 11.1 Å². The van der Waals surface area contributed by atoms with Crippen molar-refractivity contribution in [3.05, 3.63) is 17.3 Å². The zero-order valence-corrected chi connectivity index (χ0v) is 12.3. The summed E-state index contributed by atoms with van der Waals surface area (Å²) in [5.74, 6) is -0.437. The monoisotopic (exact) mass is 305 g/mol. The van der Waals surface area contributed by atoms with Gasteiger partial charge < -0.3 is 16.0 Å². The lowest BCUT2D eigenvalue weighted by atomic mass is 10.3. The van der Waals surface area contributed by atoms with Gasteiger partial charge in [0.25, 0.3) is 5.91 Å². The van der Waals surface area contributed by atoms with Crippen molar-refractivity contribution in [2.45, 2.75) is 18.9 Å². The molecule has 110 valence electrons. The van der Waals surface area contributed by atoms with Crippen molar-refractivity contribution in [2.75, 3.05) is 19.3 Å². The van der Waals surface area contributed by atoms with Gasteiger partial charge in [-0.3, -0.25) is 9.59 Å². The Balaban J connectivity index is 1.75. The van der Waals surface area contributed by atoms with E-state index in [0.29, 0.717) is 20.9 Å². The normalized spacial score (nSPS) is 14.1. The van der Waals surface area contributed by atoms with Crippen LogP contribution in [0.15, 0.2) is 12.4 Å². The summed E-state index contributed by atoms with van der Waals surface area (Å²) in [5.41, 5.74) is 6.81. The van der Waals surface area contributed by atoms with E-state index in [1.165, 1.54) is 22.4 Å². The molecule has 1 aliphatic rings. The van der Waals surface area contributed by atoms with Crippen LogP contribution in [0.4, 0.5) is 5.69 Å². The third kappa shape index (κ3) is 2.80. The van der Waals surface area contributed by atoms with Crippen LogP contribution in [0.25, 0.3) is 10.3 Å². The molecule has 3 N–H and O–H groups in total. The van der Waals surface area contributed by atoms with Gasteiger partial charge in [-0.05, 0) is 12.8 Å². The first-order chi connectivity index (χ1) is 10.1. The van der Waals surface area contributed by atoms with Crippen LogP contribution in [0, 0.1) is 0 Å².